The van der Waals surface area contributed by atoms with Crippen LogP contribution in [0.3, 0.4) is 0 Å². The van der Waals surface area contributed by atoms with Crippen LogP contribution in [-0.4, -0.2) is 24.1 Å². The number of para-hydroxylation sites is 1. The summed E-state index contributed by atoms with van der Waals surface area (Å²) >= 11 is 0. The van der Waals surface area contributed by atoms with Gasteiger partial charge in [0.15, 0.2) is 11.5 Å². The zero-order chi connectivity index (χ0) is 26.6. The summed E-state index contributed by atoms with van der Waals surface area (Å²) in [6.45, 7) is 0.840. The molecule has 2 N–H and O–H groups in total. The smallest absolute Gasteiger partial charge is 0.323 e. The molecular formula is C33H30N2O4. The summed E-state index contributed by atoms with van der Waals surface area (Å²) in [5, 5.41) is 4.64. The number of methoxy groups -OCH3 is 1. The number of carbonyl (C=O) groups excluding carboxylic acids is 1. The predicted octanol–water partition coefficient (Wildman–Crippen LogP) is 6.10. The Hall–Kier alpha value is -4.55. The molecule has 6 rings (SSSR count). The van der Waals surface area contributed by atoms with Gasteiger partial charge < -0.3 is 19.2 Å². The summed E-state index contributed by atoms with van der Waals surface area (Å²) in [4.78, 5) is 16.3. The molecule has 0 radical (unpaired) electrons. The maximum Gasteiger partial charge on any atom is 0.323 e. The van der Waals surface area contributed by atoms with Crippen LogP contribution in [0.2, 0.25) is 0 Å². The Kier molecular flexibility index (Phi) is 7.02. The topological polar surface area (TPSA) is 72.6 Å². The lowest BCUT2D eigenvalue weighted by molar-refractivity contribution is -0.143. The lowest BCUT2D eigenvalue weighted by atomic mass is 9.90. The molecule has 2 atom stereocenters. The highest BCUT2D eigenvalue weighted by molar-refractivity contribution is 5.87. The molecule has 0 aliphatic carbocycles. The van der Waals surface area contributed by atoms with Crippen molar-refractivity contribution in [2.75, 3.05) is 7.11 Å². The number of ether oxygens (including phenoxy) is 3. The summed E-state index contributed by atoms with van der Waals surface area (Å²) in [5.74, 6) is 1.03. The maximum absolute atomic E-state index is 12.7. The molecule has 4 aromatic carbocycles. The third kappa shape index (κ3) is 5.24. The number of fused-ring (bicyclic) bond motifs is 3. The van der Waals surface area contributed by atoms with E-state index in [9.17, 15) is 4.79 Å². The first kappa shape index (κ1) is 24.8. The number of hydrogen-bond donors (Lipinski definition) is 2. The van der Waals surface area contributed by atoms with E-state index in [1.54, 1.807) is 0 Å². The molecule has 1 aliphatic heterocycles. The van der Waals surface area contributed by atoms with Gasteiger partial charge in [-0.3, -0.25) is 10.1 Å². The normalized spacial score (nSPS) is 16.4. The molecule has 196 valence electrons. The summed E-state index contributed by atoms with van der Waals surface area (Å²) in [5.41, 5.74) is 6.32. The number of hydrogen-bond acceptors (Lipinski definition) is 5. The highest BCUT2D eigenvalue weighted by Crippen LogP contribution is 2.39. The van der Waals surface area contributed by atoms with Crippen LogP contribution in [0.5, 0.6) is 11.5 Å². The van der Waals surface area contributed by atoms with Crippen LogP contribution in [0.1, 0.15) is 34.0 Å². The van der Waals surface area contributed by atoms with E-state index in [4.69, 9.17) is 14.2 Å². The fourth-order valence-corrected chi connectivity index (χ4v) is 5.20. The maximum atomic E-state index is 12.7. The zero-order valence-corrected chi connectivity index (χ0v) is 21.7. The van der Waals surface area contributed by atoms with Crippen molar-refractivity contribution in [1.82, 2.24) is 10.3 Å². The van der Waals surface area contributed by atoms with Gasteiger partial charge in [0.25, 0.3) is 0 Å². The molecule has 5 aromatic rings. The quantitative estimate of drug-likeness (QED) is 0.243. The van der Waals surface area contributed by atoms with Crippen molar-refractivity contribution in [1.29, 1.82) is 0 Å². The Morgan fingerprint density at radius 2 is 1.44 bits per heavy atom. The number of H-pyrrole nitrogens is 1. The Labute approximate surface area is 227 Å². The van der Waals surface area contributed by atoms with Crippen molar-refractivity contribution < 1.29 is 19.0 Å². The molecule has 0 saturated carbocycles. The van der Waals surface area contributed by atoms with E-state index in [0.29, 0.717) is 31.1 Å². The van der Waals surface area contributed by atoms with E-state index in [1.165, 1.54) is 7.11 Å². The molecule has 6 nitrogen and oxygen atoms in total. The van der Waals surface area contributed by atoms with E-state index in [2.05, 4.69) is 22.4 Å². The average Bonchev–Trinajstić information content (AvgIpc) is 3.38. The Balaban J connectivity index is 1.37. The number of rotatable bonds is 8. The third-order valence-corrected chi connectivity index (χ3v) is 7.17. The van der Waals surface area contributed by atoms with Gasteiger partial charge in [0.2, 0.25) is 0 Å². The fraction of sp³-hybridized carbons (Fsp3) is 0.182. The number of nitrogens with one attached hydrogen (secondary N) is 2. The molecule has 6 heteroatoms. The Bertz CT molecular complexity index is 1580. The lowest BCUT2D eigenvalue weighted by Gasteiger charge is -2.30. The van der Waals surface area contributed by atoms with Crippen LogP contribution in [0, 0.1) is 0 Å². The zero-order valence-electron chi connectivity index (χ0n) is 21.7. The standard InChI is InChI=1S/C33H30N2O4/c1-37-33(36)28-19-26-25-14-8-9-15-27(25)34-32(26)31(35-28)24-16-17-29(38-20-22-10-4-2-5-11-22)30(18-24)39-21-23-12-6-3-7-13-23/h2-18,28,31,34-35H,19-21H2,1H3. The van der Waals surface area contributed by atoms with E-state index in [0.717, 1.165) is 38.9 Å². The van der Waals surface area contributed by atoms with Gasteiger partial charge in [-0.15, -0.1) is 0 Å². The first-order valence-electron chi connectivity index (χ1n) is 13.1. The minimum absolute atomic E-state index is 0.257. The van der Waals surface area contributed by atoms with Gasteiger partial charge in [-0.2, -0.15) is 0 Å². The Morgan fingerprint density at radius 3 is 2.13 bits per heavy atom. The summed E-state index contributed by atoms with van der Waals surface area (Å²) in [6.07, 6.45) is 0.554. The van der Waals surface area contributed by atoms with Crippen LogP contribution in [0.4, 0.5) is 0 Å². The lowest BCUT2D eigenvalue weighted by Crippen LogP contribution is -2.45. The molecule has 0 bridgehead atoms. The van der Waals surface area contributed by atoms with Crippen LogP contribution in [0.25, 0.3) is 10.9 Å². The largest absolute Gasteiger partial charge is 0.485 e. The number of esters is 1. The molecule has 1 aromatic heterocycles. The second kappa shape index (κ2) is 11.1. The first-order chi connectivity index (χ1) is 19.2. The van der Waals surface area contributed by atoms with Crippen LogP contribution >= 0.6 is 0 Å². The molecule has 0 amide bonds. The molecule has 39 heavy (non-hydrogen) atoms. The van der Waals surface area contributed by atoms with Gasteiger partial charge in [0.05, 0.1) is 13.2 Å². The average molecular weight is 519 g/mol. The first-order valence-corrected chi connectivity index (χ1v) is 13.1. The highest BCUT2D eigenvalue weighted by Gasteiger charge is 2.34. The van der Waals surface area contributed by atoms with E-state index < -0.39 is 6.04 Å². The van der Waals surface area contributed by atoms with Crippen LogP contribution in [0.15, 0.2) is 103 Å². The molecule has 2 heterocycles. The molecule has 2 unspecified atom stereocenters. The van der Waals surface area contributed by atoms with Crippen molar-refractivity contribution in [2.45, 2.75) is 31.7 Å². The van der Waals surface area contributed by atoms with E-state index >= 15 is 0 Å². The van der Waals surface area contributed by atoms with Gasteiger partial charge in [-0.25, -0.2) is 0 Å². The predicted molar refractivity (Wildman–Crippen MR) is 151 cm³/mol. The number of aromatic nitrogens is 1. The van der Waals surface area contributed by atoms with Crippen LogP contribution in [-0.2, 0) is 29.2 Å². The van der Waals surface area contributed by atoms with Gasteiger partial charge >= 0.3 is 5.97 Å². The number of carbonyl (C=O) groups is 1. The summed E-state index contributed by atoms with van der Waals surface area (Å²) < 4.78 is 17.7. The monoisotopic (exact) mass is 518 g/mol. The SMILES string of the molecule is COC(=O)C1Cc2c([nH]c3ccccc23)C(c2ccc(OCc3ccccc3)c(OCc3ccccc3)c2)N1. The molecule has 1 aliphatic rings. The third-order valence-electron chi connectivity index (χ3n) is 7.17. The van der Waals surface area contributed by atoms with Gasteiger partial charge in [-0.1, -0.05) is 84.9 Å². The molecule has 0 saturated heterocycles. The van der Waals surface area contributed by atoms with Crippen molar-refractivity contribution >= 4 is 16.9 Å². The van der Waals surface area contributed by atoms with E-state index in [1.807, 2.05) is 91.0 Å². The van der Waals surface area contributed by atoms with Crippen LogP contribution < -0.4 is 14.8 Å². The van der Waals surface area contributed by atoms with Gasteiger partial charge in [-0.05, 0) is 40.5 Å². The fourth-order valence-electron chi connectivity index (χ4n) is 5.20. The minimum Gasteiger partial charge on any atom is -0.485 e. The van der Waals surface area contributed by atoms with E-state index in [-0.39, 0.29) is 12.0 Å². The second-order valence-electron chi connectivity index (χ2n) is 9.70. The molecular weight excluding hydrogens is 488 g/mol. The van der Waals surface area contributed by atoms with Gasteiger partial charge in [0.1, 0.15) is 19.3 Å². The van der Waals surface area contributed by atoms with Crippen molar-refractivity contribution in [3.63, 3.8) is 0 Å². The highest BCUT2D eigenvalue weighted by atomic mass is 16.5. The molecule has 0 spiro atoms. The Morgan fingerprint density at radius 1 is 0.795 bits per heavy atom. The number of aromatic amines is 1. The van der Waals surface area contributed by atoms with Crippen molar-refractivity contribution in [2.24, 2.45) is 0 Å². The summed E-state index contributed by atoms with van der Waals surface area (Å²) in [6, 6.07) is 33.6. The minimum atomic E-state index is -0.464. The molecule has 0 fully saturated rings. The summed E-state index contributed by atoms with van der Waals surface area (Å²) in [7, 11) is 1.43. The number of benzene rings is 4. The van der Waals surface area contributed by atoms with Crippen molar-refractivity contribution in [3.05, 3.63) is 131 Å². The second-order valence-corrected chi connectivity index (χ2v) is 9.70. The van der Waals surface area contributed by atoms with Gasteiger partial charge in [0, 0.05) is 23.0 Å². The van der Waals surface area contributed by atoms with Crippen molar-refractivity contribution in [3.8, 4) is 11.5 Å².